The van der Waals surface area contributed by atoms with E-state index in [4.69, 9.17) is 28.4 Å². The minimum absolute atomic E-state index is 0.291. The van der Waals surface area contributed by atoms with Crippen LogP contribution in [-0.2, 0) is 28.4 Å². The Morgan fingerprint density at radius 2 is 1.41 bits per heavy atom. The highest BCUT2D eigenvalue weighted by atomic mass is 16.6. The van der Waals surface area contributed by atoms with Crippen LogP contribution in [0.25, 0.3) is 0 Å². The molecule has 1 N–H and O–H groups in total. The SMILES string of the molecule is CN[C@H](CN1CC[C@H](OCCOCCOCCOCCOCCOC)C1)c1ccccc1. The summed E-state index contributed by atoms with van der Waals surface area (Å²) in [5.74, 6) is 0. The average molecular weight is 455 g/mol. The third-order valence-corrected chi connectivity index (χ3v) is 5.35. The summed E-state index contributed by atoms with van der Waals surface area (Å²) in [6, 6.07) is 11.0. The molecule has 1 aromatic rings. The van der Waals surface area contributed by atoms with Crippen molar-refractivity contribution in [1.82, 2.24) is 10.2 Å². The van der Waals surface area contributed by atoms with Crippen molar-refractivity contribution >= 4 is 0 Å². The first-order valence-corrected chi connectivity index (χ1v) is 11.7. The number of methoxy groups -OCH3 is 1. The molecule has 2 atom stereocenters. The number of rotatable bonds is 20. The van der Waals surface area contributed by atoms with Crippen molar-refractivity contribution in [3.05, 3.63) is 35.9 Å². The second-order valence-corrected chi connectivity index (χ2v) is 7.74. The third-order valence-electron chi connectivity index (χ3n) is 5.35. The number of nitrogens with zero attached hydrogens (tertiary/aromatic N) is 1. The molecule has 2 rings (SSSR count). The Morgan fingerprint density at radius 3 is 1.97 bits per heavy atom. The highest BCUT2D eigenvalue weighted by molar-refractivity contribution is 5.19. The van der Waals surface area contributed by atoms with Crippen LogP contribution in [0.4, 0.5) is 0 Å². The lowest BCUT2D eigenvalue weighted by molar-refractivity contribution is -0.0228. The summed E-state index contributed by atoms with van der Waals surface area (Å²) in [6.07, 6.45) is 1.37. The Kier molecular flexibility index (Phi) is 15.6. The molecular weight excluding hydrogens is 412 g/mol. The first-order chi connectivity index (χ1) is 15.8. The van der Waals surface area contributed by atoms with Crippen molar-refractivity contribution < 1.29 is 28.4 Å². The van der Waals surface area contributed by atoms with Gasteiger partial charge in [-0.3, -0.25) is 4.90 Å². The van der Waals surface area contributed by atoms with Crippen LogP contribution >= 0.6 is 0 Å². The maximum absolute atomic E-state index is 5.99. The van der Waals surface area contributed by atoms with Crippen LogP contribution in [0.3, 0.4) is 0 Å². The van der Waals surface area contributed by atoms with Crippen molar-refractivity contribution in [2.24, 2.45) is 0 Å². The number of likely N-dealkylation sites (N-methyl/N-ethyl adjacent to an activating group) is 1. The van der Waals surface area contributed by atoms with Crippen molar-refractivity contribution in [1.29, 1.82) is 0 Å². The molecule has 1 aromatic carbocycles. The summed E-state index contributed by atoms with van der Waals surface area (Å²) in [4.78, 5) is 2.47. The molecule has 0 aromatic heterocycles. The summed E-state index contributed by atoms with van der Waals surface area (Å²) in [6.45, 7) is 8.89. The van der Waals surface area contributed by atoms with Gasteiger partial charge in [0.15, 0.2) is 0 Å². The fourth-order valence-corrected chi connectivity index (χ4v) is 3.58. The van der Waals surface area contributed by atoms with Gasteiger partial charge >= 0.3 is 0 Å². The van der Waals surface area contributed by atoms with Gasteiger partial charge in [0, 0.05) is 32.8 Å². The molecule has 1 aliphatic heterocycles. The van der Waals surface area contributed by atoms with Crippen LogP contribution in [0.1, 0.15) is 18.0 Å². The van der Waals surface area contributed by atoms with Crippen LogP contribution in [0, 0.1) is 0 Å². The smallest absolute Gasteiger partial charge is 0.0715 e. The van der Waals surface area contributed by atoms with Crippen molar-refractivity contribution in [2.75, 3.05) is 99.9 Å². The highest BCUT2D eigenvalue weighted by Crippen LogP contribution is 2.18. The second kappa shape index (κ2) is 18.3. The predicted octanol–water partition coefficient (Wildman–Crippen LogP) is 1.75. The van der Waals surface area contributed by atoms with Crippen LogP contribution < -0.4 is 5.32 Å². The maximum Gasteiger partial charge on any atom is 0.0715 e. The number of hydrogen-bond acceptors (Lipinski definition) is 8. The number of hydrogen-bond donors (Lipinski definition) is 1. The van der Waals surface area contributed by atoms with Crippen molar-refractivity contribution in [2.45, 2.75) is 18.6 Å². The van der Waals surface area contributed by atoms with Gasteiger partial charge in [0.1, 0.15) is 0 Å². The molecule has 1 heterocycles. The first kappa shape index (κ1) is 27.1. The third kappa shape index (κ3) is 12.2. The minimum Gasteiger partial charge on any atom is -0.382 e. The quantitative estimate of drug-likeness (QED) is 0.299. The Hall–Kier alpha value is -1.10. The number of nitrogens with one attached hydrogen (secondary N) is 1. The van der Waals surface area contributed by atoms with Gasteiger partial charge in [-0.2, -0.15) is 0 Å². The molecule has 184 valence electrons. The van der Waals surface area contributed by atoms with E-state index in [9.17, 15) is 0 Å². The van der Waals surface area contributed by atoms with Gasteiger partial charge < -0.3 is 33.7 Å². The average Bonchev–Trinajstić information content (AvgIpc) is 3.28. The van der Waals surface area contributed by atoms with Crippen LogP contribution in [0.2, 0.25) is 0 Å². The Balaban J connectivity index is 1.38. The lowest BCUT2D eigenvalue weighted by Gasteiger charge is -2.24. The summed E-state index contributed by atoms with van der Waals surface area (Å²) >= 11 is 0. The summed E-state index contributed by atoms with van der Waals surface area (Å²) in [5.41, 5.74) is 1.33. The van der Waals surface area contributed by atoms with E-state index in [1.54, 1.807) is 7.11 Å². The van der Waals surface area contributed by atoms with Gasteiger partial charge in [0.05, 0.1) is 72.2 Å². The number of ether oxygens (including phenoxy) is 6. The monoisotopic (exact) mass is 454 g/mol. The van der Waals surface area contributed by atoms with E-state index >= 15 is 0 Å². The Morgan fingerprint density at radius 1 is 0.844 bits per heavy atom. The van der Waals surface area contributed by atoms with Gasteiger partial charge in [0.25, 0.3) is 0 Å². The maximum atomic E-state index is 5.99. The van der Waals surface area contributed by atoms with Crippen LogP contribution in [-0.4, -0.2) is 111 Å². The van der Waals surface area contributed by atoms with Crippen molar-refractivity contribution in [3.8, 4) is 0 Å². The molecule has 0 radical (unpaired) electrons. The van der Waals surface area contributed by atoms with E-state index in [-0.39, 0.29) is 0 Å². The van der Waals surface area contributed by atoms with Gasteiger partial charge in [0.2, 0.25) is 0 Å². The largest absolute Gasteiger partial charge is 0.382 e. The molecule has 8 heteroatoms. The molecule has 0 saturated carbocycles. The van der Waals surface area contributed by atoms with Gasteiger partial charge in [-0.25, -0.2) is 0 Å². The van der Waals surface area contributed by atoms with Crippen molar-refractivity contribution in [3.63, 3.8) is 0 Å². The van der Waals surface area contributed by atoms with Gasteiger partial charge in [-0.1, -0.05) is 30.3 Å². The normalized spacial score (nSPS) is 17.8. The van der Waals surface area contributed by atoms with E-state index in [0.717, 1.165) is 26.1 Å². The minimum atomic E-state index is 0.291. The summed E-state index contributed by atoms with van der Waals surface area (Å²) < 4.78 is 32.7. The molecule has 1 fully saturated rings. The number of likely N-dealkylation sites (tertiary alicyclic amines) is 1. The molecule has 0 unspecified atom stereocenters. The highest BCUT2D eigenvalue weighted by Gasteiger charge is 2.25. The zero-order chi connectivity index (χ0) is 22.7. The van der Waals surface area contributed by atoms with E-state index in [1.807, 2.05) is 7.05 Å². The molecular formula is C24H42N2O6. The molecule has 1 saturated heterocycles. The standard InChI is InChI=1S/C24H42N2O6/c1-25-24(22-6-4-3-5-7-22)21-26-9-8-23(20-26)32-19-18-31-17-16-30-15-14-29-13-12-28-11-10-27-2/h3-7,23-25H,8-21H2,1-2H3/t23-,24+/m0/s1. The van der Waals surface area contributed by atoms with E-state index in [2.05, 4.69) is 40.5 Å². The fourth-order valence-electron chi connectivity index (χ4n) is 3.58. The van der Waals surface area contributed by atoms with E-state index in [0.29, 0.717) is 78.2 Å². The topological polar surface area (TPSA) is 70.7 Å². The molecule has 8 nitrogen and oxygen atoms in total. The summed E-state index contributed by atoms with van der Waals surface area (Å²) in [7, 11) is 3.68. The Labute approximate surface area is 193 Å². The lowest BCUT2D eigenvalue weighted by atomic mass is 10.1. The molecule has 1 aliphatic rings. The Bertz CT molecular complexity index is 551. The lowest BCUT2D eigenvalue weighted by Crippen LogP contribution is -2.33. The molecule has 0 aliphatic carbocycles. The predicted molar refractivity (Wildman–Crippen MR) is 124 cm³/mol. The second-order valence-electron chi connectivity index (χ2n) is 7.74. The van der Waals surface area contributed by atoms with E-state index < -0.39 is 0 Å². The fraction of sp³-hybridized carbons (Fsp3) is 0.750. The molecule has 0 amide bonds. The van der Waals surface area contributed by atoms with Gasteiger partial charge in [-0.05, 0) is 19.0 Å². The van der Waals surface area contributed by atoms with Crippen LogP contribution in [0.5, 0.6) is 0 Å². The van der Waals surface area contributed by atoms with E-state index in [1.165, 1.54) is 5.56 Å². The zero-order valence-electron chi connectivity index (χ0n) is 19.8. The molecule has 0 spiro atoms. The van der Waals surface area contributed by atoms with Gasteiger partial charge in [-0.15, -0.1) is 0 Å². The molecule has 0 bridgehead atoms. The number of benzene rings is 1. The summed E-state index contributed by atoms with van der Waals surface area (Å²) in [5, 5.41) is 3.43. The molecule has 32 heavy (non-hydrogen) atoms. The zero-order valence-corrected chi connectivity index (χ0v) is 19.8. The van der Waals surface area contributed by atoms with Crippen LogP contribution in [0.15, 0.2) is 30.3 Å². The first-order valence-electron chi connectivity index (χ1n) is 11.7.